The maximum Gasteiger partial charge on any atom is 0.374 e. The summed E-state index contributed by atoms with van der Waals surface area (Å²) in [5.74, 6) is -0.289. The molecule has 0 spiro atoms. The molecule has 1 aromatic heterocycles. The van der Waals surface area contributed by atoms with Crippen LogP contribution in [0.5, 0.6) is 11.5 Å². The molecule has 0 aliphatic carbocycles. The summed E-state index contributed by atoms with van der Waals surface area (Å²) in [6.45, 7) is 1.87. The van der Waals surface area contributed by atoms with E-state index in [0.717, 1.165) is 12.0 Å². The van der Waals surface area contributed by atoms with Gasteiger partial charge in [-0.3, -0.25) is 0 Å². The number of carbonyl (C=O) groups is 1. The molecule has 6 heteroatoms. The average Bonchev–Trinajstić information content (AvgIpc) is 2.87. The van der Waals surface area contributed by atoms with Crippen LogP contribution < -0.4 is 9.47 Å². The molecule has 0 aliphatic heterocycles. The summed E-state index contributed by atoms with van der Waals surface area (Å²) in [4.78, 5) is 15.0. The second-order valence-electron chi connectivity index (χ2n) is 3.86. The number of benzene rings is 1. The molecule has 1 aromatic carbocycles. The van der Waals surface area contributed by atoms with Crippen LogP contribution in [0.25, 0.3) is 11.3 Å². The molecule has 0 saturated heterocycles. The van der Waals surface area contributed by atoms with Gasteiger partial charge in [0.1, 0.15) is 17.2 Å². The maximum atomic E-state index is 11.1. The van der Waals surface area contributed by atoms with Crippen molar-refractivity contribution >= 4 is 5.97 Å². The minimum Gasteiger partial charge on any atom is -0.496 e. The lowest BCUT2D eigenvalue weighted by molar-refractivity contribution is 0.0663. The van der Waals surface area contributed by atoms with Crippen molar-refractivity contribution in [2.75, 3.05) is 14.2 Å². The number of aromatic carboxylic acids is 1. The highest BCUT2D eigenvalue weighted by Crippen LogP contribution is 2.36. The minimum atomic E-state index is -1.19. The van der Waals surface area contributed by atoms with Crippen LogP contribution in [0, 0.1) is 6.92 Å². The Labute approximate surface area is 109 Å². The standard InChI is InChI=1S/C13H13NO5/c1-7-4-10(18-3)8(5-9(7)17-2)11-12(13(15)16)19-6-14-11/h4-6H,1-3H3,(H,15,16). The molecule has 0 radical (unpaired) electrons. The molecule has 19 heavy (non-hydrogen) atoms. The van der Waals surface area contributed by atoms with E-state index in [-0.39, 0.29) is 11.5 Å². The van der Waals surface area contributed by atoms with Crippen LogP contribution in [0.15, 0.2) is 22.9 Å². The second-order valence-corrected chi connectivity index (χ2v) is 3.86. The molecule has 0 saturated carbocycles. The van der Waals surface area contributed by atoms with Crippen LogP contribution in [0.3, 0.4) is 0 Å². The molecule has 2 rings (SSSR count). The van der Waals surface area contributed by atoms with Crippen LogP contribution >= 0.6 is 0 Å². The van der Waals surface area contributed by atoms with Crippen molar-refractivity contribution in [2.45, 2.75) is 6.92 Å². The van der Waals surface area contributed by atoms with Gasteiger partial charge in [-0.1, -0.05) is 0 Å². The van der Waals surface area contributed by atoms with Gasteiger partial charge in [0.2, 0.25) is 5.76 Å². The molecule has 100 valence electrons. The molecule has 0 amide bonds. The maximum absolute atomic E-state index is 11.1. The van der Waals surface area contributed by atoms with E-state index in [1.807, 2.05) is 6.92 Å². The van der Waals surface area contributed by atoms with E-state index in [9.17, 15) is 4.79 Å². The Hall–Kier alpha value is -2.50. The fraction of sp³-hybridized carbons (Fsp3) is 0.231. The lowest BCUT2D eigenvalue weighted by atomic mass is 10.1. The quantitative estimate of drug-likeness (QED) is 0.911. The number of ether oxygens (including phenoxy) is 2. The van der Waals surface area contributed by atoms with Crippen molar-refractivity contribution in [3.8, 4) is 22.8 Å². The highest BCUT2D eigenvalue weighted by atomic mass is 16.5. The van der Waals surface area contributed by atoms with Gasteiger partial charge in [-0.05, 0) is 24.6 Å². The Morgan fingerprint density at radius 3 is 2.53 bits per heavy atom. The number of methoxy groups -OCH3 is 2. The number of aryl methyl sites for hydroxylation is 1. The molecule has 0 aliphatic rings. The van der Waals surface area contributed by atoms with E-state index in [2.05, 4.69) is 4.98 Å². The van der Waals surface area contributed by atoms with Gasteiger partial charge in [-0.15, -0.1) is 0 Å². The molecule has 1 heterocycles. The summed E-state index contributed by atoms with van der Waals surface area (Å²) in [6, 6.07) is 3.44. The lowest BCUT2D eigenvalue weighted by Gasteiger charge is -2.11. The number of rotatable bonds is 4. The molecule has 1 N–H and O–H groups in total. The van der Waals surface area contributed by atoms with Gasteiger partial charge in [0.15, 0.2) is 6.39 Å². The predicted octanol–water partition coefficient (Wildman–Crippen LogP) is 2.37. The molecule has 0 unspecified atom stereocenters. The van der Waals surface area contributed by atoms with Gasteiger partial charge < -0.3 is 19.0 Å². The summed E-state index contributed by atoms with van der Waals surface area (Å²) in [6.07, 6.45) is 1.09. The SMILES string of the molecule is COc1cc(-c2ncoc2C(=O)O)c(OC)cc1C. The molecule has 0 bridgehead atoms. The fourth-order valence-electron chi connectivity index (χ4n) is 1.83. The third-order valence-corrected chi connectivity index (χ3v) is 2.73. The smallest absolute Gasteiger partial charge is 0.374 e. The number of nitrogens with zero attached hydrogens (tertiary/aromatic N) is 1. The van der Waals surface area contributed by atoms with Crippen molar-refractivity contribution < 1.29 is 23.8 Å². The van der Waals surface area contributed by atoms with E-state index >= 15 is 0 Å². The van der Waals surface area contributed by atoms with Gasteiger partial charge in [0.05, 0.1) is 19.8 Å². The van der Waals surface area contributed by atoms with Gasteiger partial charge in [-0.2, -0.15) is 0 Å². The van der Waals surface area contributed by atoms with Crippen molar-refractivity contribution in [3.05, 3.63) is 29.9 Å². The summed E-state index contributed by atoms with van der Waals surface area (Å²) in [5.41, 5.74) is 1.60. The Morgan fingerprint density at radius 2 is 1.95 bits per heavy atom. The van der Waals surface area contributed by atoms with E-state index in [1.165, 1.54) is 7.11 Å². The zero-order valence-electron chi connectivity index (χ0n) is 10.8. The van der Waals surface area contributed by atoms with Crippen molar-refractivity contribution in [1.29, 1.82) is 0 Å². The van der Waals surface area contributed by atoms with Gasteiger partial charge in [0, 0.05) is 0 Å². The zero-order chi connectivity index (χ0) is 14.0. The highest BCUT2D eigenvalue weighted by molar-refractivity contribution is 5.92. The Kier molecular flexibility index (Phi) is 3.41. The molecule has 0 fully saturated rings. The van der Waals surface area contributed by atoms with Crippen LogP contribution in [0.1, 0.15) is 16.1 Å². The molecule has 6 nitrogen and oxygen atoms in total. The zero-order valence-corrected chi connectivity index (χ0v) is 10.8. The highest BCUT2D eigenvalue weighted by Gasteiger charge is 2.21. The summed E-state index contributed by atoms with van der Waals surface area (Å²) < 4.78 is 15.4. The first kappa shape index (κ1) is 12.9. The van der Waals surface area contributed by atoms with Crippen molar-refractivity contribution in [2.24, 2.45) is 0 Å². The number of carboxylic acids is 1. The number of hydrogen-bond acceptors (Lipinski definition) is 5. The Bertz CT molecular complexity index is 617. The molecule has 2 aromatic rings. The second kappa shape index (κ2) is 5.01. The number of hydrogen-bond donors (Lipinski definition) is 1. The third kappa shape index (κ3) is 2.24. The number of carboxylic acid groups (broad SMARTS) is 1. The molecular formula is C13H13NO5. The van der Waals surface area contributed by atoms with E-state index in [0.29, 0.717) is 17.1 Å². The average molecular weight is 263 g/mol. The first-order chi connectivity index (χ1) is 9.08. The lowest BCUT2D eigenvalue weighted by Crippen LogP contribution is -1.99. The van der Waals surface area contributed by atoms with Gasteiger partial charge >= 0.3 is 5.97 Å². The fourth-order valence-corrected chi connectivity index (χ4v) is 1.83. The van der Waals surface area contributed by atoms with Gasteiger partial charge in [-0.25, -0.2) is 9.78 Å². The van der Waals surface area contributed by atoms with Crippen molar-refractivity contribution in [3.63, 3.8) is 0 Å². The topological polar surface area (TPSA) is 81.8 Å². The molecule has 0 atom stereocenters. The van der Waals surface area contributed by atoms with Crippen LogP contribution in [0.4, 0.5) is 0 Å². The monoisotopic (exact) mass is 263 g/mol. The van der Waals surface area contributed by atoms with Gasteiger partial charge in [0.25, 0.3) is 0 Å². The third-order valence-electron chi connectivity index (χ3n) is 2.73. The van der Waals surface area contributed by atoms with E-state index < -0.39 is 5.97 Å². The number of aromatic nitrogens is 1. The summed E-state index contributed by atoms with van der Waals surface area (Å²) >= 11 is 0. The Morgan fingerprint density at radius 1 is 1.26 bits per heavy atom. The molecular weight excluding hydrogens is 250 g/mol. The Balaban J connectivity index is 2.66. The number of oxazole rings is 1. The van der Waals surface area contributed by atoms with Crippen LogP contribution in [0.2, 0.25) is 0 Å². The van der Waals surface area contributed by atoms with Crippen LogP contribution in [-0.2, 0) is 0 Å². The summed E-state index contributed by atoms with van der Waals surface area (Å²) in [5, 5.41) is 9.05. The summed E-state index contributed by atoms with van der Waals surface area (Å²) in [7, 11) is 3.05. The predicted molar refractivity (Wildman–Crippen MR) is 66.7 cm³/mol. The van der Waals surface area contributed by atoms with E-state index in [4.69, 9.17) is 19.0 Å². The normalized spacial score (nSPS) is 10.3. The minimum absolute atomic E-state index is 0.211. The first-order valence-corrected chi connectivity index (χ1v) is 5.48. The largest absolute Gasteiger partial charge is 0.496 e. The van der Waals surface area contributed by atoms with Crippen molar-refractivity contribution in [1.82, 2.24) is 4.98 Å². The first-order valence-electron chi connectivity index (χ1n) is 5.48. The van der Waals surface area contributed by atoms with Crippen LogP contribution in [-0.4, -0.2) is 30.3 Å². The van der Waals surface area contributed by atoms with E-state index in [1.54, 1.807) is 19.2 Å².